The first-order chi connectivity index (χ1) is 7.93. The van der Waals surface area contributed by atoms with E-state index in [4.69, 9.17) is 4.74 Å². The first kappa shape index (κ1) is 12.1. The van der Waals surface area contributed by atoms with Gasteiger partial charge in [0.15, 0.2) is 11.5 Å². The number of carbonyl (C=O) groups excluding carboxylic acids is 2. The summed E-state index contributed by atoms with van der Waals surface area (Å²) < 4.78 is 5.11. The summed E-state index contributed by atoms with van der Waals surface area (Å²) in [4.78, 5) is 24.8. The van der Waals surface area contributed by atoms with E-state index in [0.29, 0.717) is 12.0 Å². The van der Waals surface area contributed by atoms with Crippen molar-refractivity contribution in [2.75, 3.05) is 7.11 Å². The predicted molar refractivity (Wildman–Crippen MR) is 64.2 cm³/mol. The molecular weight excluding hydrogens is 216 g/mol. The monoisotopic (exact) mass is 234 g/mol. The summed E-state index contributed by atoms with van der Waals surface area (Å²) in [5.74, 6) is 0.0841. The zero-order valence-electron chi connectivity index (χ0n) is 10.7. The Morgan fingerprint density at radius 2 is 2.06 bits per heavy atom. The van der Waals surface area contributed by atoms with Gasteiger partial charge in [0, 0.05) is 16.9 Å². The SMILES string of the molecule is COC1=C(C)C(=O)[C@@]2(C)CC=C[C@@H](C)[C@@H]2C1=O. The molecule has 0 spiro atoms. The molecule has 2 aliphatic rings. The number of carbonyl (C=O) groups is 2. The lowest BCUT2D eigenvalue weighted by atomic mass is 9.58. The third-order valence-corrected chi connectivity index (χ3v) is 4.10. The maximum atomic E-state index is 12.4. The molecule has 0 aromatic carbocycles. The van der Waals surface area contributed by atoms with Crippen molar-refractivity contribution in [2.45, 2.75) is 27.2 Å². The van der Waals surface area contributed by atoms with Crippen LogP contribution >= 0.6 is 0 Å². The molecule has 0 aliphatic heterocycles. The van der Waals surface area contributed by atoms with Gasteiger partial charge in [-0.15, -0.1) is 0 Å². The van der Waals surface area contributed by atoms with E-state index in [1.165, 1.54) is 7.11 Å². The summed E-state index contributed by atoms with van der Waals surface area (Å²) >= 11 is 0. The Bertz CT molecular complexity index is 444. The van der Waals surface area contributed by atoms with E-state index in [2.05, 4.69) is 0 Å². The van der Waals surface area contributed by atoms with Gasteiger partial charge in [0.1, 0.15) is 0 Å². The standard InChI is InChI=1S/C14H18O3/c1-8-6-5-7-14(3)10(8)11(15)12(17-4)9(2)13(14)16/h5-6,8,10H,7H2,1-4H3/t8-,10-,14+/m1/s1. The molecule has 0 saturated heterocycles. The fourth-order valence-electron chi connectivity index (χ4n) is 3.22. The molecule has 3 atom stereocenters. The average molecular weight is 234 g/mol. The van der Waals surface area contributed by atoms with Crippen LogP contribution in [0.5, 0.6) is 0 Å². The second-order valence-corrected chi connectivity index (χ2v) is 5.24. The van der Waals surface area contributed by atoms with Crippen molar-refractivity contribution < 1.29 is 14.3 Å². The Morgan fingerprint density at radius 3 is 2.65 bits per heavy atom. The Balaban J connectivity index is 2.59. The number of hydrogen-bond donors (Lipinski definition) is 0. The Morgan fingerprint density at radius 1 is 1.41 bits per heavy atom. The van der Waals surface area contributed by atoms with Crippen molar-refractivity contribution in [1.82, 2.24) is 0 Å². The van der Waals surface area contributed by atoms with E-state index in [9.17, 15) is 9.59 Å². The number of fused-ring (bicyclic) bond motifs is 1. The van der Waals surface area contributed by atoms with Gasteiger partial charge in [-0.1, -0.05) is 26.0 Å². The number of methoxy groups -OCH3 is 1. The third-order valence-electron chi connectivity index (χ3n) is 4.10. The van der Waals surface area contributed by atoms with Crippen LogP contribution in [0.3, 0.4) is 0 Å². The second kappa shape index (κ2) is 3.83. The second-order valence-electron chi connectivity index (χ2n) is 5.24. The van der Waals surface area contributed by atoms with Crippen molar-refractivity contribution >= 4 is 11.6 Å². The van der Waals surface area contributed by atoms with Crippen molar-refractivity contribution in [3.05, 3.63) is 23.5 Å². The minimum Gasteiger partial charge on any atom is -0.493 e. The van der Waals surface area contributed by atoms with E-state index in [0.717, 1.165) is 0 Å². The fourth-order valence-corrected chi connectivity index (χ4v) is 3.22. The maximum absolute atomic E-state index is 12.4. The molecule has 0 unspecified atom stereocenters. The van der Waals surface area contributed by atoms with Crippen LogP contribution in [0.1, 0.15) is 27.2 Å². The molecule has 0 aromatic heterocycles. The highest BCUT2D eigenvalue weighted by Gasteiger charge is 2.53. The number of ether oxygens (including phenoxy) is 1. The van der Waals surface area contributed by atoms with Gasteiger partial charge in [0.25, 0.3) is 0 Å². The van der Waals surface area contributed by atoms with Gasteiger partial charge in [0.2, 0.25) is 5.78 Å². The van der Waals surface area contributed by atoms with Gasteiger partial charge in [-0.2, -0.15) is 0 Å². The first-order valence-electron chi connectivity index (χ1n) is 5.94. The Labute approximate surface area is 102 Å². The lowest BCUT2D eigenvalue weighted by molar-refractivity contribution is -0.141. The van der Waals surface area contributed by atoms with E-state index < -0.39 is 5.41 Å². The lowest BCUT2D eigenvalue weighted by Crippen LogP contribution is -2.49. The maximum Gasteiger partial charge on any atom is 0.202 e. The molecule has 92 valence electrons. The minimum absolute atomic E-state index is 0.0241. The number of hydrogen-bond acceptors (Lipinski definition) is 3. The van der Waals surface area contributed by atoms with Gasteiger partial charge in [0.05, 0.1) is 7.11 Å². The average Bonchev–Trinajstić information content (AvgIpc) is 2.27. The zero-order valence-corrected chi connectivity index (χ0v) is 10.7. The number of allylic oxidation sites excluding steroid dienone is 4. The Kier molecular flexibility index (Phi) is 2.72. The molecule has 0 N–H and O–H groups in total. The normalized spacial score (nSPS) is 37.2. The summed E-state index contributed by atoms with van der Waals surface area (Å²) in [7, 11) is 1.45. The molecule has 3 heteroatoms. The van der Waals surface area contributed by atoms with Crippen LogP contribution in [-0.2, 0) is 14.3 Å². The summed E-state index contributed by atoms with van der Waals surface area (Å²) in [6.45, 7) is 5.56. The molecule has 0 heterocycles. The van der Waals surface area contributed by atoms with Crippen molar-refractivity contribution in [3.8, 4) is 0 Å². The lowest BCUT2D eigenvalue weighted by Gasteiger charge is -2.43. The molecule has 2 aliphatic carbocycles. The highest BCUT2D eigenvalue weighted by atomic mass is 16.5. The third kappa shape index (κ3) is 1.48. The minimum atomic E-state index is -0.586. The van der Waals surface area contributed by atoms with Gasteiger partial charge < -0.3 is 4.74 Å². The molecular formula is C14H18O3. The number of ketones is 2. The molecule has 2 rings (SSSR count). The summed E-state index contributed by atoms with van der Waals surface area (Å²) in [5.41, 5.74) is -0.115. The van der Waals surface area contributed by atoms with Gasteiger partial charge >= 0.3 is 0 Å². The van der Waals surface area contributed by atoms with Crippen LogP contribution in [0, 0.1) is 17.3 Å². The topological polar surface area (TPSA) is 43.4 Å². The number of Topliss-reactive ketones (excluding diaryl/α,β-unsaturated/α-hetero) is 2. The molecule has 3 nitrogen and oxygen atoms in total. The van der Waals surface area contributed by atoms with Crippen LogP contribution in [0.4, 0.5) is 0 Å². The molecule has 17 heavy (non-hydrogen) atoms. The van der Waals surface area contributed by atoms with Crippen LogP contribution in [0.25, 0.3) is 0 Å². The van der Waals surface area contributed by atoms with E-state index in [-0.39, 0.29) is 29.2 Å². The molecule has 0 radical (unpaired) electrons. The van der Waals surface area contributed by atoms with Crippen molar-refractivity contribution in [3.63, 3.8) is 0 Å². The quantitative estimate of drug-likeness (QED) is 0.654. The van der Waals surface area contributed by atoms with Crippen LogP contribution in [0.2, 0.25) is 0 Å². The van der Waals surface area contributed by atoms with Crippen LogP contribution in [0.15, 0.2) is 23.5 Å². The van der Waals surface area contributed by atoms with Crippen LogP contribution < -0.4 is 0 Å². The molecule has 0 aromatic rings. The first-order valence-corrected chi connectivity index (χ1v) is 5.94. The highest BCUT2D eigenvalue weighted by Crippen LogP contribution is 2.48. The summed E-state index contributed by atoms with van der Waals surface area (Å²) in [6.07, 6.45) is 4.67. The van der Waals surface area contributed by atoms with Crippen LogP contribution in [-0.4, -0.2) is 18.7 Å². The van der Waals surface area contributed by atoms with Gasteiger partial charge in [-0.05, 0) is 19.3 Å². The van der Waals surface area contributed by atoms with E-state index in [1.54, 1.807) is 6.92 Å². The number of rotatable bonds is 1. The summed E-state index contributed by atoms with van der Waals surface area (Å²) in [6, 6.07) is 0. The largest absolute Gasteiger partial charge is 0.493 e. The smallest absolute Gasteiger partial charge is 0.202 e. The van der Waals surface area contributed by atoms with E-state index in [1.807, 2.05) is 26.0 Å². The zero-order chi connectivity index (χ0) is 12.8. The van der Waals surface area contributed by atoms with Gasteiger partial charge in [-0.3, -0.25) is 9.59 Å². The van der Waals surface area contributed by atoms with Gasteiger partial charge in [-0.25, -0.2) is 0 Å². The highest BCUT2D eigenvalue weighted by molar-refractivity contribution is 6.14. The predicted octanol–water partition coefficient (Wildman–Crippen LogP) is 2.28. The Hall–Kier alpha value is -1.38. The molecule has 0 saturated carbocycles. The molecule has 0 fully saturated rings. The summed E-state index contributed by atoms with van der Waals surface area (Å²) in [5, 5.41) is 0. The van der Waals surface area contributed by atoms with Crippen molar-refractivity contribution in [1.29, 1.82) is 0 Å². The van der Waals surface area contributed by atoms with E-state index >= 15 is 0 Å². The molecule has 0 amide bonds. The molecule has 0 bridgehead atoms. The fraction of sp³-hybridized carbons (Fsp3) is 0.571. The van der Waals surface area contributed by atoms with Crippen molar-refractivity contribution in [2.24, 2.45) is 17.3 Å².